The number of ether oxygens (including phenoxy) is 1. The Balaban J connectivity index is 2.09. The number of carbonyl (C=O) groups is 1. The van der Waals surface area contributed by atoms with Crippen molar-refractivity contribution < 1.29 is 9.53 Å². The lowest BCUT2D eigenvalue weighted by Crippen LogP contribution is -2.07. The van der Waals surface area contributed by atoms with Crippen LogP contribution in [0.2, 0.25) is 0 Å². The third-order valence-electron chi connectivity index (χ3n) is 3.12. The minimum atomic E-state index is -0.360. The van der Waals surface area contributed by atoms with Crippen molar-refractivity contribution in [3.05, 3.63) is 59.0 Å². The molecule has 0 aliphatic heterocycles. The molecule has 0 fully saturated rings. The molecule has 3 rings (SSSR count). The monoisotopic (exact) mass is 359 g/mol. The number of anilines is 2. The first-order valence-corrected chi connectivity index (χ1v) is 7.64. The number of fused-ring (bicyclic) bond motifs is 1. The van der Waals surface area contributed by atoms with Gasteiger partial charge in [-0.05, 0) is 41.1 Å². The van der Waals surface area contributed by atoms with Crippen LogP contribution in [0.15, 0.2) is 53.4 Å². The van der Waals surface area contributed by atoms with E-state index in [-0.39, 0.29) is 5.97 Å². The van der Waals surface area contributed by atoms with Gasteiger partial charge in [0.15, 0.2) is 5.65 Å². The van der Waals surface area contributed by atoms with Crippen LogP contribution >= 0.6 is 15.9 Å². The zero-order chi connectivity index (χ0) is 15.5. The maximum atomic E-state index is 12.0. The normalized spacial score (nSPS) is 10.6. The zero-order valence-corrected chi connectivity index (χ0v) is 13.5. The van der Waals surface area contributed by atoms with E-state index in [1.165, 1.54) is 0 Å². The van der Waals surface area contributed by atoms with E-state index in [0.29, 0.717) is 12.2 Å². The predicted molar refractivity (Wildman–Crippen MR) is 88.6 cm³/mol. The van der Waals surface area contributed by atoms with E-state index < -0.39 is 0 Å². The van der Waals surface area contributed by atoms with E-state index in [4.69, 9.17) is 4.74 Å². The first kappa shape index (κ1) is 14.6. The number of benzene rings is 1. The van der Waals surface area contributed by atoms with Gasteiger partial charge in [-0.3, -0.25) is 4.40 Å². The van der Waals surface area contributed by atoms with Gasteiger partial charge in [0.25, 0.3) is 0 Å². The van der Waals surface area contributed by atoms with Gasteiger partial charge in [0.2, 0.25) is 0 Å². The molecule has 6 heteroatoms. The van der Waals surface area contributed by atoms with Gasteiger partial charge in [0, 0.05) is 11.9 Å². The van der Waals surface area contributed by atoms with E-state index in [2.05, 4.69) is 26.2 Å². The first-order valence-electron chi connectivity index (χ1n) is 6.85. The average molecular weight is 360 g/mol. The fraction of sp³-hybridized carbons (Fsp3) is 0.125. The Morgan fingerprint density at radius 3 is 2.86 bits per heavy atom. The highest BCUT2D eigenvalue weighted by Gasteiger charge is 2.14. The molecule has 112 valence electrons. The lowest BCUT2D eigenvalue weighted by atomic mass is 10.2. The van der Waals surface area contributed by atoms with Crippen molar-refractivity contribution in [1.29, 1.82) is 0 Å². The number of halogens is 1. The standard InChI is InChI=1S/C16H14BrN3O2/c1-2-22-16(21)11-8-13(19-12-6-4-3-5-7-12)15-18-9-14(17)20(15)10-11/h3-10,19H,2H2,1H3. The molecule has 3 aromatic rings. The van der Waals surface area contributed by atoms with Crippen molar-refractivity contribution >= 4 is 38.9 Å². The van der Waals surface area contributed by atoms with Crippen LogP contribution in [0.3, 0.4) is 0 Å². The number of pyridine rings is 1. The lowest BCUT2D eigenvalue weighted by Gasteiger charge is -2.10. The summed E-state index contributed by atoms with van der Waals surface area (Å²) in [6, 6.07) is 11.5. The summed E-state index contributed by atoms with van der Waals surface area (Å²) in [4.78, 5) is 16.4. The zero-order valence-electron chi connectivity index (χ0n) is 11.9. The van der Waals surface area contributed by atoms with E-state index >= 15 is 0 Å². The van der Waals surface area contributed by atoms with Crippen molar-refractivity contribution in [1.82, 2.24) is 9.38 Å². The molecule has 0 aliphatic rings. The Bertz CT molecular complexity index is 815. The van der Waals surface area contributed by atoms with Gasteiger partial charge in [-0.1, -0.05) is 18.2 Å². The van der Waals surface area contributed by atoms with Crippen LogP contribution < -0.4 is 5.32 Å². The Labute approximate surface area is 136 Å². The maximum Gasteiger partial charge on any atom is 0.339 e. The molecule has 0 radical (unpaired) electrons. The molecular weight excluding hydrogens is 346 g/mol. The molecule has 0 saturated carbocycles. The Morgan fingerprint density at radius 1 is 1.36 bits per heavy atom. The molecule has 5 nitrogen and oxygen atoms in total. The number of imidazole rings is 1. The smallest absolute Gasteiger partial charge is 0.339 e. The SMILES string of the molecule is CCOC(=O)c1cc(Nc2ccccc2)c2ncc(Br)n2c1. The Morgan fingerprint density at radius 2 is 2.14 bits per heavy atom. The van der Waals surface area contributed by atoms with E-state index in [9.17, 15) is 4.79 Å². The Hall–Kier alpha value is -2.34. The van der Waals surface area contributed by atoms with Crippen LogP contribution in [0.5, 0.6) is 0 Å². The highest BCUT2D eigenvalue weighted by atomic mass is 79.9. The summed E-state index contributed by atoms with van der Waals surface area (Å²) in [6.45, 7) is 2.12. The lowest BCUT2D eigenvalue weighted by molar-refractivity contribution is 0.0526. The number of esters is 1. The number of nitrogens with zero attached hydrogens (tertiary/aromatic N) is 2. The van der Waals surface area contributed by atoms with Gasteiger partial charge >= 0.3 is 5.97 Å². The van der Waals surface area contributed by atoms with Crippen LogP contribution in [0, 0.1) is 0 Å². The summed E-state index contributed by atoms with van der Waals surface area (Å²) < 4.78 is 7.65. The van der Waals surface area contributed by atoms with Crippen molar-refractivity contribution in [2.24, 2.45) is 0 Å². The molecule has 0 bridgehead atoms. The number of para-hydroxylation sites is 1. The van der Waals surface area contributed by atoms with Gasteiger partial charge in [0.1, 0.15) is 4.60 Å². The number of hydrogen-bond donors (Lipinski definition) is 1. The van der Waals surface area contributed by atoms with Gasteiger partial charge in [-0.25, -0.2) is 9.78 Å². The van der Waals surface area contributed by atoms with E-state index in [1.54, 1.807) is 29.8 Å². The fourth-order valence-corrected chi connectivity index (χ4v) is 2.53. The molecule has 0 amide bonds. The summed E-state index contributed by atoms with van der Waals surface area (Å²) in [5.74, 6) is -0.360. The third-order valence-corrected chi connectivity index (χ3v) is 3.71. The highest BCUT2D eigenvalue weighted by molar-refractivity contribution is 9.10. The Kier molecular flexibility index (Phi) is 4.11. The van der Waals surface area contributed by atoms with Crippen molar-refractivity contribution in [3.63, 3.8) is 0 Å². The maximum absolute atomic E-state index is 12.0. The predicted octanol–water partition coefficient (Wildman–Crippen LogP) is 4.02. The molecule has 1 aromatic carbocycles. The molecule has 0 aliphatic carbocycles. The highest BCUT2D eigenvalue weighted by Crippen LogP contribution is 2.25. The molecule has 0 spiro atoms. The van der Waals surface area contributed by atoms with Gasteiger partial charge < -0.3 is 10.1 Å². The topological polar surface area (TPSA) is 55.6 Å². The number of carbonyl (C=O) groups excluding carboxylic acids is 1. The molecule has 2 heterocycles. The largest absolute Gasteiger partial charge is 0.462 e. The second-order valence-corrected chi connectivity index (χ2v) is 5.44. The van der Waals surface area contributed by atoms with E-state index in [0.717, 1.165) is 21.6 Å². The molecule has 22 heavy (non-hydrogen) atoms. The summed E-state index contributed by atoms with van der Waals surface area (Å²) in [5, 5.41) is 3.29. The van der Waals surface area contributed by atoms with Gasteiger partial charge in [0.05, 0.1) is 24.1 Å². The quantitative estimate of drug-likeness (QED) is 0.714. The number of nitrogens with one attached hydrogen (secondary N) is 1. The summed E-state index contributed by atoms with van der Waals surface area (Å²) in [5.41, 5.74) is 2.85. The van der Waals surface area contributed by atoms with Crippen molar-refractivity contribution in [3.8, 4) is 0 Å². The van der Waals surface area contributed by atoms with Crippen LogP contribution in [0.25, 0.3) is 5.65 Å². The van der Waals surface area contributed by atoms with Crippen LogP contribution in [0.4, 0.5) is 11.4 Å². The molecule has 0 saturated heterocycles. The van der Waals surface area contributed by atoms with Crippen molar-refractivity contribution in [2.45, 2.75) is 6.92 Å². The molecule has 2 aromatic heterocycles. The molecule has 0 unspecified atom stereocenters. The first-order chi connectivity index (χ1) is 10.7. The number of rotatable bonds is 4. The van der Waals surface area contributed by atoms with Crippen LogP contribution in [-0.2, 0) is 4.74 Å². The van der Waals surface area contributed by atoms with Gasteiger partial charge in [-0.15, -0.1) is 0 Å². The average Bonchev–Trinajstić information content (AvgIpc) is 2.90. The number of aromatic nitrogens is 2. The minimum Gasteiger partial charge on any atom is -0.462 e. The second-order valence-electron chi connectivity index (χ2n) is 4.63. The molecule has 0 atom stereocenters. The minimum absolute atomic E-state index is 0.337. The summed E-state index contributed by atoms with van der Waals surface area (Å²) in [7, 11) is 0. The van der Waals surface area contributed by atoms with E-state index in [1.807, 2.05) is 30.3 Å². The van der Waals surface area contributed by atoms with Crippen LogP contribution in [0.1, 0.15) is 17.3 Å². The summed E-state index contributed by atoms with van der Waals surface area (Å²) >= 11 is 3.43. The molecular formula is C16H14BrN3O2. The molecule has 1 N–H and O–H groups in total. The van der Waals surface area contributed by atoms with Gasteiger partial charge in [-0.2, -0.15) is 0 Å². The van der Waals surface area contributed by atoms with Crippen LogP contribution in [-0.4, -0.2) is 22.0 Å². The number of hydrogen-bond acceptors (Lipinski definition) is 4. The fourth-order valence-electron chi connectivity index (χ4n) is 2.15. The summed E-state index contributed by atoms with van der Waals surface area (Å²) in [6.07, 6.45) is 3.40. The second kappa shape index (κ2) is 6.19. The third kappa shape index (κ3) is 2.82. The van der Waals surface area contributed by atoms with Crippen molar-refractivity contribution in [2.75, 3.05) is 11.9 Å².